The Hall–Kier alpha value is -1.33. The number of carbonyl (C=O) groups is 1. The number of pyridine rings is 1. The molecule has 1 fully saturated rings. The van der Waals surface area contributed by atoms with Crippen molar-refractivity contribution in [3.05, 3.63) is 28.7 Å². The summed E-state index contributed by atoms with van der Waals surface area (Å²) in [6.07, 6.45) is 3.28. The summed E-state index contributed by atoms with van der Waals surface area (Å²) in [7, 11) is 0. The highest BCUT2D eigenvalue weighted by Gasteiger charge is 2.18. The maximum absolute atomic E-state index is 11.8. The van der Waals surface area contributed by atoms with E-state index < -0.39 is 0 Å². The molecule has 106 valence electrons. The van der Waals surface area contributed by atoms with E-state index in [9.17, 15) is 9.59 Å². The highest BCUT2D eigenvalue weighted by atomic mass is 35.5. The number of hydrogen-bond acceptors (Lipinski definition) is 3. The van der Waals surface area contributed by atoms with E-state index in [0.29, 0.717) is 24.6 Å². The zero-order valence-corrected chi connectivity index (χ0v) is 11.8. The van der Waals surface area contributed by atoms with Crippen LogP contribution in [0.5, 0.6) is 0 Å². The minimum atomic E-state index is -0.0458. The van der Waals surface area contributed by atoms with E-state index in [-0.39, 0.29) is 23.9 Å². The molecule has 1 saturated heterocycles. The number of amides is 1. The summed E-state index contributed by atoms with van der Waals surface area (Å²) in [5.41, 5.74) is 0.642. The maximum Gasteiger partial charge on any atom is 0.250 e. The lowest BCUT2D eigenvalue weighted by atomic mass is 10.0. The largest absolute Gasteiger partial charge is 0.325 e. The second kappa shape index (κ2) is 7.31. The van der Waals surface area contributed by atoms with E-state index in [4.69, 9.17) is 0 Å². The molecule has 0 saturated carbocycles. The van der Waals surface area contributed by atoms with Gasteiger partial charge in [-0.05, 0) is 38.4 Å². The Balaban J connectivity index is 0.00000180. The summed E-state index contributed by atoms with van der Waals surface area (Å²) in [5, 5.41) is 6.09. The number of carbonyl (C=O) groups excluding carboxylic acids is 1. The van der Waals surface area contributed by atoms with Crippen molar-refractivity contribution in [2.24, 2.45) is 5.92 Å². The highest BCUT2D eigenvalue weighted by Crippen LogP contribution is 2.13. The Bertz CT molecular complexity index is 481. The molecule has 0 aromatic carbocycles. The van der Waals surface area contributed by atoms with Gasteiger partial charge < -0.3 is 15.2 Å². The van der Waals surface area contributed by atoms with Crippen LogP contribution in [0, 0.1) is 5.92 Å². The van der Waals surface area contributed by atoms with Gasteiger partial charge in [0.2, 0.25) is 5.91 Å². The molecular weight excluding hydrogens is 266 g/mol. The van der Waals surface area contributed by atoms with Crippen LogP contribution in [-0.4, -0.2) is 23.6 Å². The molecule has 2 rings (SSSR count). The van der Waals surface area contributed by atoms with Crippen molar-refractivity contribution in [1.29, 1.82) is 0 Å². The van der Waals surface area contributed by atoms with E-state index in [1.807, 2.05) is 6.92 Å². The molecule has 1 aromatic heterocycles. The predicted molar refractivity (Wildman–Crippen MR) is 77.8 cm³/mol. The van der Waals surface area contributed by atoms with Crippen LogP contribution in [0.2, 0.25) is 0 Å². The van der Waals surface area contributed by atoms with Crippen molar-refractivity contribution in [3.8, 4) is 0 Å². The molecule has 0 bridgehead atoms. The number of halogens is 1. The summed E-state index contributed by atoms with van der Waals surface area (Å²) in [4.78, 5) is 23.2. The van der Waals surface area contributed by atoms with Gasteiger partial charge in [-0.25, -0.2) is 0 Å². The summed E-state index contributed by atoms with van der Waals surface area (Å²) in [6, 6.07) is 3.13. The van der Waals surface area contributed by atoms with Crippen LogP contribution in [0.3, 0.4) is 0 Å². The molecule has 1 aliphatic heterocycles. The average molecular weight is 286 g/mol. The minimum Gasteiger partial charge on any atom is -0.325 e. The molecule has 0 spiro atoms. The SMILES string of the molecule is CCn1cc(NC(=O)CC2CCNC2)ccc1=O.Cl. The Morgan fingerprint density at radius 2 is 2.32 bits per heavy atom. The van der Waals surface area contributed by atoms with Gasteiger partial charge in [0.1, 0.15) is 0 Å². The van der Waals surface area contributed by atoms with Crippen LogP contribution >= 0.6 is 12.4 Å². The van der Waals surface area contributed by atoms with E-state index in [1.165, 1.54) is 6.07 Å². The molecule has 1 atom stereocenters. The zero-order valence-electron chi connectivity index (χ0n) is 11.0. The number of anilines is 1. The van der Waals surface area contributed by atoms with E-state index in [0.717, 1.165) is 19.5 Å². The van der Waals surface area contributed by atoms with Crippen molar-refractivity contribution >= 4 is 24.0 Å². The molecule has 2 N–H and O–H groups in total. The third-order valence-corrected chi connectivity index (χ3v) is 3.24. The van der Waals surface area contributed by atoms with Gasteiger partial charge >= 0.3 is 0 Å². The quantitative estimate of drug-likeness (QED) is 0.875. The molecule has 5 nitrogen and oxygen atoms in total. The van der Waals surface area contributed by atoms with Crippen LogP contribution in [0.15, 0.2) is 23.1 Å². The van der Waals surface area contributed by atoms with Crippen molar-refractivity contribution in [2.75, 3.05) is 18.4 Å². The second-order valence-electron chi connectivity index (χ2n) is 4.65. The molecule has 1 aliphatic rings. The summed E-state index contributed by atoms with van der Waals surface area (Å²) in [6.45, 7) is 4.42. The van der Waals surface area contributed by atoms with Gasteiger partial charge in [0.05, 0.1) is 5.69 Å². The fourth-order valence-electron chi connectivity index (χ4n) is 2.22. The topological polar surface area (TPSA) is 63.1 Å². The first kappa shape index (κ1) is 15.7. The zero-order chi connectivity index (χ0) is 13.0. The van der Waals surface area contributed by atoms with Gasteiger partial charge in [-0.15, -0.1) is 12.4 Å². The lowest BCUT2D eigenvalue weighted by Gasteiger charge is -2.10. The molecule has 2 heterocycles. The summed E-state index contributed by atoms with van der Waals surface area (Å²) >= 11 is 0. The molecule has 0 radical (unpaired) electrons. The lowest BCUT2D eigenvalue weighted by Crippen LogP contribution is -2.21. The normalized spacial score (nSPS) is 17.8. The predicted octanol–water partition coefficient (Wildman–Crippen LogP) is 1.23. The molecule has 1 unspecified atom stereocenters. The van der Waals surface area contributed by atoms with Crippen LogP contribution in [0.1, 0.15) is 19.8 Å². The van der Waals surface area contributed by atoms with Crippen molar-refractivity contribution < 1.29 is 4.79 Å². The Morgan fingerprint density at radius 3 is 2.95 bits per heavy atom. The third-order valence-electron chi connectivity index (χ3n) is 3.24. The lowest BCUT2D eigenvalue weighted by molar-refractivity contribution is -0.116. The van der Waals surface area contributed by atoms with Gasteiger partial charge in [-0.2, -0.15) is 0 Å². The fourth-order valence-corrected chi connectivity index (χ4v) is 2.22. The molecule has 19 heavy (non-hydrogen) atoms. The molecular formula is C13H20ClN3O2. The Morgan fingerprint density at radius 1 is 1.53 bits per heavy atom. The average Bonchev–Trinajstić information content (AvgIpc) is 2.84. The number of nitrogens with one attached hydrogen (secondary N) is 2. The first-order valence-electron chi connectivity index (χ1n) is 6.40. The Labute approximate surface area is 118 Å². The number of nitrogens with zero attached hydrogens (tertiary/aromatic N) is 1. The Kier molecular flexibility index (Phi) is 6.05. The first-order valence-corrected chi connectivity index (χ1v) is 6.40. The van der Waals surface area contributed by atoms with E-state index in [2.05, 4.69) is 10.6 Å². The maximum atomic E-state index is 11.8. The van der Waals surface area contributed by atoms with Crippen molar-refractivity contribution in [3.63, 3.8) is 0 Å². The van der Waals surface area contributed by atoms with Crippen LogP contribution in [0.25, 0.3) is 0 Å². The monoisotopic (exact) mass is 285 g/mol. The van der Waals surface area contributed by atoms with Gasteiger partial charge in [-0.3, -0.25) is 9.59 Å². The smallest absolute Gasteiger partial charge is 0.250 e. The third kappa shape index (κ3) is 4.36. The molecule has 1 aromatic rings. The van der Waals surface area contributed by atoms with Crippen molar-refractivity contribution in [2.45, 2.75) is 26.3 Å². The number of aryl methyl sites for hydroxylation is 1. The fraction of sp³-hybridized carbons (Fsp3) is 0.538. The molecule has 6 heteroatoms. The summed E-state index contributed by atoms with van der Waals surface area (Å²) in [5.74, 6) is 0.451. The van der Waals surface area contributed by atoms with E-state index in [1.54, 1.807) is 16.8 Å². The molecule has 0 aliphatic carbocycles. The number of rotatable bonds is 4. The second-order valence-corrected chi connectivity index (χ2v) is 4.65. The molecule has 1 amide bonds. The number of aromatic nitrogens is 1. The van der Waals surface area contributed by atoms with Gasteiger partial charge in [0.25, 0.3) is 5.56 Å². The minimum absolute atomic E-state index is 0. The van der Waals surface area contributed by atoms with Crippen LogP contribution < -0.4 is 16.2 Å². The first-order chi connectivity index (χ1) is 8.69. The van der Waals surface area contributed by atoms with E-state index >= 15 is 0 Å². The van der Waals surface area contributed by atoms with Crippen molar-refractivity contribution in [1.82, 2.24) is 9.88 Å². The van der Waals surface area contributed by atoms with Crippen LogP contribution in [-0.2, 0) is 11.3 Å². The van der Waals surface area contributed by atoms with Gasteiger partial charge in [-0.1, -0.05) is 0 Å². The van der Waals surface area contributed by atoms with Gasteiger partial charge in [0.15, 0.2) is 0 Å². The summed E-state index contributed by atoms with van der Waals surface area (Å²) < 4.78 is 1.58. The van der Waals surface area contributed by atoms with Gasteiger partial charge in [0, 0.05) is 25.2 Å². The standard InChI is InChI=1S/C13H19N3O2.ClH/c1-2-16-9-11(3-4-13(16)18)15-12(17)7-10-5-6-14-8-10;/h3-4,9-10,14H,2,5-8H2,1H3,(H,15,17);1H. The highest BCUT2D eigenvalue weighted by molar-refractivity contribution is 5.90. The van der Waals surface area contributed by atoms with Crippen LogP contribution in [0.4, 0.5) is 5.69 Å². The number of hydrogen-bond donors (Lipinski definition) is 2.